The average Bonchev–Trinajstić information content (AvgIpc) is 3.14. The summed E-state index contributed by atoms with van der Waals surface area (Å²) in [6.07, 6.45) is 6.26. The van der Waals surface area contributed by atoms with Gasteiger partial charge in [-0.3, -0.25) is 9.59 Å². The van der Waals surface area contributed by atoms with Crippen LogP contribution in [-0.2, 0) is 4.79 Å². The maximum Gasteiger partial charge on any atom is 0.303 e. The number of carboxylic acid groups (broad SMARTS) is 1. The fraction of sp³-hybridized carbons (Fsp3) is 0.389. The number of hydrogen-bond acceptors (Lipinski definition) is 3. The van der Waals surface area contributed by atoms with Crippen LogP contribution in [0.1, 0.15) is 36.0 Å². The summed E-state index contributed by atoms with van der Waals surface area (Å²) in [5, 5.41) is 13.0. The van der Waals surface area contributed by atoms with E-state index in [0.29, 0.717) is 18.5 Å². The molecule has 1 atom stereocenters. The molecule has 1 aromatic carbocycles. The van der Waals surface area contributed by atoms with Crippen LogP contribution in [0.25, 0.3) is 5.69 Å². The lowest BCUT2D eigenvalue weighted by Crippen LogP contribution is -2.40. The van der Waals surface area contributed by atoms with E-state index in [1.165, 1.54) is 0 Å². The number of aromatic nitrogens is 2. The van der Waals surface area contributed by atoms with Gasteiger partial charge in [0.25, 0.3) is 5.91 Å². The molecule has 1 saturated heterocycles. The van der Waals surface area contributed by atoms with Gasteiger partial charge < -0.3 is 10.0 Å². The van der Waals surface area contributed by atoms with E-state index in [-0.39, 0.29) is 18.2 Å². The van der Waals surface area contributed by atoms with Crippen LogP contribution in [0.4, 0.5) is 0 Å². The summed E-state index contributed by atoms with van der Waals surface area (Å²) in [5.41, 5.74) is 1.49. The molecule has 0 radical (unpaired) electrons. The van der Waals surface area contributed by atoms with Crippen molar-refractivity contribution in [1.82, 2.24) is 14.7 Å². The molecule has 0 spiro atoms. The normalized spacial score (nSPS) is 17.7. The standard InChI is InChI=1S/C18H21N3O3/c22-17(23)8-7-14-4-2-10-20(13-14)18(24)15-5-1-6-16(12-15)21-11-3-9-19-21/h1,3,5-6,9,11-12,14H,2,4,7-8,10,13H2,(H,22,23). The molecule has 3 rings (SSSR count). The minimum absolute atomic E-state index is 0.00373. The summed E-state index contributed by atoms with van der Waals surface area (Å²) in [6.45, 7) is 1.37. The van der Waals surface area contributed by atoms with Crippen LogP contribution in [0, 0.1) is 5.92 Å². The van der Waals surface area contributed by atoms with Gasteiger partial charge in [0.15, 0.2) is 0 Å². The monoisotopic (exact) mass is 327 g/mol. The lowest BCUT2D eigenvalue weighted by molar-refractivity contribution is -0.137. The highest BCUT2D eigenvalue weighted by molar-refractivity contribution is 5.94. The maximum atomic E-state index is 12.8. The van der Waals surface area contributed by atoms with Crippen molar-refractivity contribution in [2.45, 2.75) is 25.7 Å². The molecule has 2 heterocycles. The molecule has 24 heavy (non-hydrogen) atoms. The van der Waals surface area contributed by atoms with Gasteiger partial charge in [-0.15, -0.1) is 0 Å². The zero-order valence-electron chi connectivity index (χ0n) is 13.5. The van der Waals surface area contributed by atoms with E-state index in [9.17, 15) is 9.59 Å². The van der Waals surface area contributed by atoms with Crippen molar-refractivity contribution in [2.75, 3.05) is 13.1 Å². The van der Waals surface area contributed by atoms with E-state index in [1.807, 2.05) is 41.4 Å². The molecule has 6 heteroatoms. The molecule has 2 aromatic rings. The predicted molar refractivity (Wildman–Crippen MR) is 89.1 cm³/mol. The number of benzene rings is 1. The van der Waals surface area contributed by atoms with E-state index in [4.69, 9.17) is 5.11 Å². The third-order valence-electron chi connectivity index (χ3n) is 4.43. The average molecular weight is 327 g/mol. The molecule has 0 aliphatic carbocycles. The number of piperidine rings is 1. The van der Waals surface area contributed by atoms with E-state index >= 15 is 0 Å². The Balaban J connectivity index is 1.69. The topological polar surface area (TPSA) is 75.4 Å². The van der Waals surface area contributed by atoms with Crippen molar-refractivity contribution in [2.24, 2.45) is 5.92 Å². The van der Waals surface area contributed by atoms with Gasteiger partial charge in [-0.25, -0.2) is 4.68 Å². The summed E-state index contributed by atoms with van der Waals surface area (Å²) >= 11 is 0. The Morgan fingerprint density at radius 2 is 2.17 bits per heavy atom. The molecular formula is C18H21N3O3. The van der Waals surface area contributed by atoms with Crippen LogP contribution in [0.5, 0.6) is 0 Å². The van der Waals surface area contributed by atoms with E-state index in [2.05, 4.69) is 5.10 Å². The molecule has 6 nitrogen and oxygen atoms in total. The highest BCUT2D eigenvalue weighted by atomic mass is 16.4. The van der Waals surface area contributed by atoms with Gasteiger partial charge in [-0.1, -0.05) is 6.07 Å². The molecule has 1 fully saturated rings. The minimum Gasteiger partial charge on any atom is -0.481 e. The van der Waals surface area contributed by atoms with Gasteiger partial charge >= 0.3 is 5.97 Å². The summed E-state index contributed by atoms with van der Waals surface area (Å²) < 4.78 is 1.72. The molecule has 1 aliphatic heterocycles. The highest BCUT2D eigenvalue weighted by Crippen LogP contribution is 2.23. The van der Waals surface area contributed by atoms with Crippen LogP contribution in [0.2, 0.25) is 0 Å². The zero-order valence-corrected chi connectivity index (χ0v) is 13.5. The fourth-order valence-electron chi connectivity index (χ4n) is 3.20. The molecule has 0 bridgehead atoms. The number of amides is 1. The summed E-state index contributed by atoms with van der Waals surface area (Å²) in [5.74, 6) is -0.498. The van der Waals surface area contributed by atoms with Gasteiger partial charge in [0.2, 0.25) is 0 Å². The molecule has 1 unspecified atom stereocenters. The second-order valence-corrected chi connectivity index (χ2v) is 6.19. The Kier molecular flexibility index (Phi) is 4.93. The zero-order chi connectivity index (χ0) is 16.9. The highest BCUT2D eigenvalue weighted by Gasteiger charge is 2.25. The number of carbonyl (C=O) groups is 2. The second-order valence-electron chi connectivity index (χ2n) is 6.19. The summed E-state index contributed by atoms with van der Waals surface area (Å²) in [4.78, 5) is 25.4. The number of hydrogen-bond donors (Lipinski definition) is 1. The number of aliphatic carboxylic acids is 1. The number of carboxylic acids is 1. The smallest absolute Gasteiger partial charge is 0.303 e. The van der Waals surface area contributed by atoms with E-state index < -0.39 is 5.97 Å². The Morgan fingerprint density at radius 3 is 2.92 bits per heavy atom. The van der Waals surface area contributed by atoms with Crippen molar-refractivity contribution in [3.63, 3.8) is 0 Å². The van der Waals surface area contributed by atoms with Crippen LogP contribution < -0.4 is 0 Å². The van der Waals surface area contributed by atoms with Crippen molar-refractivity contribution >= 4 is 11.9 Å². The number of likely N-dealkylation sites (tertiary alicyclic amines) is 1. The third-order valence-corrected chi connectivity index (χ3v) is 4.43. The quantitative estimate of drug-likeness (QED) is 0.916. The molecule has 1 aromatic heterocycles. The van der Waals surface area contributed by atoms with E-state index in [1.54, 1.807) is 10.9 Å². The first kappa shape index (κ1) is 16.2. The SMILES string of the molecule is O=C(O)CCC1CCCN(C(=O)c2cccc(-n3cccn3)c2)C1. The first-order valence-corrected chi connectivity index (χ1v) is 8.24. The lowest BCUT2D eigenvalue weighted by Gasteiger charge is -2.32. The molecule has 1 amide bonds. The Labute approximate surface area is 140 Å². The second kappa shape index (κ2) is 7.29. The third kappa shape index (κ3) is 3.82. The van der Waals surface area contributed by atoms with Crippen molar-refractivity contribution in [1.29, 1.82) is 0 Å². The number of nitrogens with zero attached hydrogens (tertiary/aromatic N) is 3. The Morgan fingerprint density at radius 1 is 1.29 bits per heavy atom. The molecule has 1 aliphatic rings. The van der Waals surface area contributed by atoms with Crippen molar-refractivity contribution < 1.29 is 14.7 Å². The van der Waals surface area contributed by atoms with Crippen molar-refractivity contribution in [3.05, 3.63) is 48.3 Å². The minimum atomic E-state index is -0.773. The van der Waals surface area contributed by atoms with Gasteiger partial charge in [0.05, 0.1) is 5.69 Å². The van der Waals surface area contributed by atoms with Gasteiger partial charge in [0, 0.05) is 37.5 Å². The molecule has 0 saturated carbocycles. The lowest BCUT2D eigenvalue weighted by atomic mass is 9.93. The van der Waals surface area contributed by atoms with Crippen LogP contribution >= 0.6 is 0 Å². The summed E-state index contributed by atoms with van der Waals surface area (Å²) in [6, 6.07) is 9.27. The molecule has 1 N–H and O–H groups in total. The Bertz CT molecular complexity index is 712. The van der Waals surface area contributed by atoms with Crippen LogP contribution in [-0.4, -0.2) is 44.8 Å². The predicted octanol–water partition coefficient (Wildman–Crippen LogP) is 2.59. The maximum absolute atomic E-state index is 12.8. The van der Waals surface area contributed by atoms with Gasteiger partial charge in [-0.05, 0) is 49.4 Å². The van der Waals surface area contributed by atoms with Crippen LogP contribution in [0.3, 0.4) is 0 Å². The molecular weight excluding hydrogens is 306 g/mol. The largest absolute Gasteiger partial charge is 0.481 e. The fourth-order valence-corrected chi connectivity index (χ4v) is 3.20. The number of carbonyl (C=O) groups excluding carboxylic acids is 1. The Hall–Kier alpha value is -2.63. The first-order chi connectivity index (χ1) is 11.6. The number of rotatable bonds is 5. The van der Waals surface area contributed by atoms with Crippen molar-refractivity contribution in [3.8, 4) is 5.69 Å². The molecule has 126 valence electrons. The van der Waals surface area contributed by atoms with Gasteiger partial charge in [0.1, 0.15) is 0 Å². The van der Waals surface area contributed by atoms with Gasteiger partial charge in [-0.2, -0.15) is 5.10 Å². The summed E-state index contributed by atoms with van der Waals surface area (Å²) in [7, 11) is 0. The van der Waals surface area contributed by atoms with E-state index in [0.717, 1.165) is 25.1 Å². The van der Waals surface area contributed by atoms with Crippen LogP contribution in [0.15, 0.2) is 42.7 Å². The first-order valence-electron chi connectivity index (χ1n) is 8.24.